The molecule has 128 valence electrons. The molecule has 7 heteroatoms. The number of hydrogen-bond acceptors (Lipinski definition) is 6. The van der Waals surface area contributed by atoms with Crippen molar-refractivity contribution >= 4 is 11.9 Å². The second-order valence-corrected chi connectivity index (χ2v) is 6.05. The fourth-order valence-electron chi connectivity index (χ4n) is 1.61. The smallest absolute Gasteiger partial charge is 0.325 e. The maximum atomic E-state index is 14.0. The summed E-state index contributed by atoms with van der Waals surface area (Å²) in [5, 5.41) is 10.0. The summed E-state index contributed by atoms with van der Waals surface area (Å²) in [5.41, 5.74) is 4.87. The van der Waals surface area contributed by atoms with E-state index >= 15 is 0 Å². The third-order valence-electron chi connectivity index (χ3n) is 3.01. The van der Waals surface area contributed by atoms with E-state index in [4.69, 9.17) is 15.2 Å². The van der Waals surface area contributed by atoms with Gasteiger partial charge in [-0.05, 0) is 45.4 Å². The van der Waals surface area contributed by atoms with Crippen molar-refractivity contribution in [3.63, 3.8) is 0 Å². The molecule has 23 heavy (non-hydrogen) atoms. The molecule has 0 amide bonds. The standard InChI is InChI=1S/C16H22FNO5/c1-5-22-14(20)12(18)13(19)9-6-7-11(10(17)8-9)23-15(21)16(2,3)4/h6-8,12-13,19H,5,18H2,1-4H3/t12-,13+/m1/s1. The predicted octanol–water partition coefficient (Wildman–Crippen LogP) is 1.70. The largest absolute Gasteiger partial charge is 0.465 e. The van der Waals surface area contributed by atoms with E-state index in [0.29, 0.717) is 0 Å². The number of esters is 2. The fraction of sp³-hybridized carbons (Fsp3) is 0.500. The van der Waals surface area contributed by atoms with Crippen molar-refractivity contribution in [1.82, 2.24) is 0 Å². The molecule has 1 rings (SSSR count). The number of aliphatic hydroxyl groups is 1. The Morgan fingerprint density at radius 3 is 2.43 bits per heavy atom. The first-order valence-corrected chi connectivity index (χ1v) is 7.20. The molecule has 0 aliphatic heterocycles. The number of carbonyl (C=O) groups excluding carboxylic acids is 2. The zero-order chi connectivity index (χ0) is 17.8. The molecule has 0 spiro atoms. The zero-order valence-corrected chi connectivity index (χ0v) is 13.6. The van der Waals surface area contributed by atoms with Gasteiger partial charge in [0.1, 0.15) is 12.1 Å². The summed E-state index contributed by atoms with van der Waals surface area (Å²) in [7, 11) is 0. The first kappa shape index (κ1) is 19.1. The van der Waals surface area contributed by atoms with Crippen LogP contribution in [0.1, 0.15) is 39.4 Å². The number of halogens is 1. The van der Waals surface area contributed by atoms with Gasteiger partial charge in [0.25, 0.3) is 0 Å². The fourth-order valence-corrected chi connectivity index (χ4v) is 1.61. The van der Waals surface area contributed by atoms with Crippen LogP contribution in [0.25, 0.3) is 0 Å². The molecule has 0 aromatic heterocycles. The normalized spacial score (nSPS) is 14.0. The minimum atomic E-state index is -1.43. The number of nitrogens with two attached hydrogens (primary N) is 1. The summed E-state index contributed by atoms with van der Waals surface area (Å²) >= 11 is 0. The van der Waals surface area contributed by atoms with Gasteiger partial charge in [-0.25, -0.2) is 4.39 Å². The highest BCUT2D eigenvalue weighted by atomic mass is 19.1. The van der Waals surface area contributed by atoms with Crippen LogP contribution in [0.5, 0.6) is 5.75 Å². The lowest BCUT2D eigenvalue weighted by Gasteiger charge is -2.19. The zero-order valence-electron chi connectivity index (χ0n) is 13.6. The van der Waals surface area contributed by atoms with Gasteiger partial charge in [0, 0.05) is 0 Å². The van der Waals surface area contributed by atoms with E-state index in [-0.39, 0.29) is 17.9 Å². The van der Waals surface area contributed by atoms with Crippen LogP contribution in [-0.4, -0.2) is 29.7 Å². The summed E-state index contributed by atoms with van der Waals surface area (Å²) in [6, 6.07) is 2.17. The van der Waals surface area contributed by atoms with Gasteiger partial charge in [0.2, 0.25) is 0 Å². The molecular weight excluding hydrogens is 305 g/mol. The number of rotatable bonds is 5. The van der Waals surface area contributed by atoms with Crippen LogP contribution in [0.3, 0.4) is 0 Å². The summed E-state index contributed by atoms with van der Waals surface area (Å²) in [5.74, 6) is -2.47. The van der Waals surface area contributed by atoms with Gasteiger partial charge in [-0.1, -0.05) is 6.07 Å². The Balaban J connectivity index is 2.91. The Bertz CT molecular complexity index is 582. The summed E-state index contributed by atoms with van der Waals surface area (Å²) in [4.78, 5) is 23.3. The molecule has 0 aliphatic rings. The summed E-state index contributed by atoms with van der Waals surface area (Å²) in [6.07, 6.45) is -1.43. The molecule has 0 aliphatic carbocycles. The van der Waals surface area contributed by atoms with Crippen LogP contribution in [0.2, 0.25) is 0 Å². The van der Waals surface area contributed by atoms with Gasteiger partial charge in [0.15, 0.2) is 11.6 Å². The quantitative estimate of drug-likeness (QED) is 0.631. The molecule has 3 N–H and O–H groups in total. The highest BCUT2D eigenvalue weighted by Crippen LogP contribution is 2.26. The summed E-state index contributed by atoms with van der Waals surface area (Å²) in [6.45, 7) is 6.65. The minimum Gasteiger partial charge on any atom is -0.465 e. The van der Waals surface area contributed by atoms with Crippen molar-refractivity contribution in [2.45, 2.75) is 39.8 Å². The van der Waals surface area contributed by atoms with Crippen LogP contribution in [0.4, 0.5) is 4.39 Å². The van der Waals surface area contributed by atoms with E-state index in [1.54, 1.807) is 27.7 Å². The Labute approximate surface area is 134 Å². The van der Waals surface area contributed by atoms with Crippen molar-refractivity contribution < 1.29 is 28.6 Å². The van der Waals surface area contributed by atoms with E-state index in [1.807, 2.05) is 0 Å². The molecule has 0 saturated heterocycles. The number of carbonyl (C=O) groups is 2. The molecule has 6 nitrogen and oxygen atoms in total. The number of benzene rings is 1. The number of hydrogen-bond donors (Lipinski definition) is 2. The maximum Gasteiger partial charge on any atom is 0.325 e. The molecule has 0 saturated carbocycles. The van der Waals surface area contributed by atoms with E-state index < -0.39 is 35.3 Å². The average molecular weight is 327 g/mol. The van der Waals surface area contributed by atoms with Gasteiger partial charge in [-0.2, -0.15) is 0 Å². The van der Waals surface area contributed by atoms with Crippen LogP contribution in [0.15, 0.2) is 18.2 Å². The molecule has 0 heterocycles. The van der Waals surface area contributed by atoms with E-state index in [2.05, 4.69) is 0 Å². The third-order valence-corrected chi connectivity index (χ3v) is 3.01. The molecule has 1 aromatic carbocycles. The Kier molecular flexibility index (Phi) is 6.23. The lowest BCUT2D eigenvalue weighted by atomic mass is 9.97. The van der Waals surface area contributed by atoms with Crippen LogP contribution >= 0.6 is 0 Å². The van der Waals surface area contributed by atoms with Gasteiger partial charge in [-0.15, -0.1) is 0 Å². The summed E-state index contributed by atoms with van der Waals surface area (Å²) < 4.78 is 23.7. The lowest BCUT2D eigenvalue weighted by molar-refractivity contribution is -0.147. The van der Waals surface area contributed by atoms with E-state index in [1.165, 1.54) is 12.1 Å². The number of ether oxygens (including phenoxy) is 2. The van der Waals surface area contributed by atoms with Crippen molar-refractivity contribution in [1.29, 1.82) is 0 Å². The molecule has 1 aromatic rings. The van der Waals surface area contributed by atoms with Crippen LogP contribution in [0, 0.1) is 11.2 Å². The SMILES string of the molecule is CCOC(=O)[C@H](N)[C@@H](O)c1ccc(OC(=O)C(C)(C)C)c(F)c1. The lowest BCUT2D eigenvalue weighted by Crippen LogP contribution is -2.38. The molecule has 2 atom stereocenters. The minimum absolute atomic E-state index is 0.0820. The van der Waals surface area contributed by atoms with Gasteiger partial charge in [-0.3, -0.25) is 9.59 Å². The van der Waals surface area contributed by atoms with Crippen LogP contribution in [-0.2, 0) is 14.3 Å². The second kappa shape index (κ2) is 7.52. The highest BCUT2D eigenvalue weighted by molar-refractivity contribution is 5.78. The third kappa shape index (κ3) is 5.01. The molecular formula is C16H22FNO5. The van der Waals surface area contributed by atoms with Crippen molar-refractivity contribution in [2.24, 2.45) is 11.1 Å². The van der Waals surface area contributed by atoms with E-state index in [0.717, 1.165) is 6.07 Å². The van der Waals surface area contributed by atoms with Crippen molar-refractivity contribution in [3.05, 3.63) is 29.6 Å². The van der Waals surface area contributed by atoms with E-state index in [9.17, 15) is 19.1 Å². The van der Waals surface area contributed by atoms with Crippen LogP contribution < -0.4 is 10.5 Å². The monoisotopic (exact) mass is 327 g/mol. The number of aliphatic hydroxyl groups excluding tert-OH is 1. The predicted molar refractivity (Wildman–Crippen MR) is 81.1 cm³/mol. The van der Waals surface area contributed by atoms with Crippen molar-refractivity contribution in [3.8, 4) is 5.75 Å². The molecule has 0 fully saturated rings. The van der Waals surface area contributed by atoms with Gasteiger partial charge < -0.3 is 20.3 Å². The molecule has 0 unspecified atom stereocenters. The molecule has 0 radical (unpaired) electrons. The maximum absolute atomic E-state index is 14.0. The average Bonchev–Trinajstić information content (AvgIpc) is 2.46. The topological polar surface area (TPSA) is 98.8 Å². The van der Waals surface area contributed by atoms with Gasteiger partial charge in [0.05, 0.1) is 12.0 Å². The van der Waals surface area contributed by atoms with Gasteiger partial charge >= 0.3 is 11.9 Å². The first-order chi connectivity index (χ1) is 10.6. The Morgan fingerprint density at radius 2 is 1.96 bits per heavy atom. The van der Waals surface area contributed by atoms with Crippen molar-refractivity contribution in [2.75, 3.05) is 6.61 Å². The second-order valence-electron chi connectivity index (χ2n) is 6.05. The first-order valence-electron chi connectivity index (χ1n) is 7.20. The Morgan fingerprint density at radius 1 is 1.35 bits per heavy atom. The molecule has 0 bridgehead atoms. The highest BCUT2D eigenvalue weighted by Gasteiger charge is 2.28. The Hall–Kier alpha value is -1.99.